The van der Waals surface area contributed by atoms with Crippen LogP contribution < -0.4 is 5.73 Å². The van der Waals surface area contributed by atoms with Crippen LogP contribution in [0.3, 0.4) is 0 Å². The van der Waals surface area contributed by atoms with Crippen LogP contribution in [-0.4, -0.2) is 59.5 Å². The first kappa shape index (κ1) is 25.1. The minimum Gasteiger partial charge on any atom is -0.398 e. The number of nitrogens with zero attached hydrogens (tertiary/aromatic N) is 3. The van der Waals surface area contributed by atoms with Gasteiger partial charge in [-0.15, -0.1) is 0 Å². The molecule has 0 radical (unpaired) electrons. The van der Waals surface area contributed by atoms with E-state index in [0.717, 1.165) is 77.4 Å². The number of morpholine rings is 1. The molecule has 1 aliphatic rings. The summed E-state index contributed by atoms with van der Waals surface area (Å²) in [6.07, 6.45) is 2.39. The molecule has 0 aliphatic carbocycles. The van der Waals surface area contributed by atoms with Crippen molar-refractivity contribution >= 4 is 23.0 Å². The number of aromatic amines is 1. The third kappa shape index (κ3) is 5.87. The van der Waals surface area contributed by atoms with Crippen LogP contribution in [-0.2, 0) is 4.74 Å². The second kappa shape index (κ2) is 12.1. The smallest absolute Gasteiger partial charge is 0.150 e. The number of nitrogen functional groups attached to an aromatic ring is 1. The minimum atomic E-state index is 0.649. The summed E-state index contributed by atoms with van der Waals surface area (Å²) in [6, 6.07) is 15.3. The van der Waals surface area contributed by atoms with Gasteiger partial charge < -0.3 is 20.4 Å². The van der Waals surface area contributed by atoms with Crippen LogP contribution in [0.4, 0.5) is 5.69 Å². The summed E-state index contributed by atoms with van der Waals surface area (Å²) in [5, 5.41) is 0.936. The summed E-state index contributed by atoms with van der Waals surface area (Å²) < 4.78 is 5.10. The second-order valence-corrected chi connectivity index (χ2v) is 7.84. The predicted octanol–water partition coefficient (Wildman–Crippen LogP) is 4.97. The first-order chi connectivity index (χ1) is 16.6. The van der Waals surface area contributed by atoms with E-state index in [1.807, 2.05) is 57.2 Å². The standard InChI is InChI=1S/C20H16N4O.C5H11NO.C2H6/c1-12-15(3-2-4-17(12)21)19-16-9-18(24-20(16)23-11-22-19)14-7-5-13(10-25)6-8-14;1-6-2-4-7-5-3-6;1-2/h2-11H,21H2,1H3,(H,22,23,24);2-5H2,1H3;1-2H3. The molecule has 7 nitrogen and oxygen atoms in total. The average molecular weight is 460 g/mol. The van der Waals surface area contributed by atoms with Crippen molar-refractivity contribution < 1.29 is 9.53 Å². The van der Waals surface area contributed by atoms with Crippen LogP contribution in [0.5, 0.6) is 0 Å². The number of carbonyl (C=O) groups is 1. The Labute approximate surface area is 201 Å². The number of hydrogen-bond donors (Lipinski definition) is 2. The van der Waals surface area contributed by atoms with Crippen molar-refractivity contribution in [1.82, 2.24) is 19.9 Å². The number of aromatic nitrogens is 3. The van der Waals surface area contributed by atoms with Crippen LogP contribution >= 0.6 is 0 Å². The number of anilines is 1. The fourth-order valence-electron chi connectivity index (χ4n) is 3.62. The zero-order valence-electron chi connectivity index (χ0n) is 20.3. The number of H-pyrrole nitrogens is 1. The largest absolute Gasteiger partial charge is 0.398 e. The summed E-state index contributed by atoms with van der Waals surface area (Å²) in [4.78, 5) is 25.2. The molecular weight excluding hydrogens is 426 g/mol. The monoisotopic (exact) mass is 459 g/mol. The Balaban J connectivity index is 0.000000306. The molecule has 0 unspecified atom stereocenters. The number of rotatable bonds is 3. The Hall–Kier alpha value is -3.55. The lowest BCUT2D eigenvalue weighted by Crippen LogP contribution is -2.32. The summed E-state index contributed by atoms with van der Waals surface area (Å²) >= 11 is 0. The van der Waals surface area contributed by atoms with Gasteiger partial charge in [0, 0.05) is 41.0 Å². The van der Waals surface area contributed by atoms with E-state index in [1.165, 1.54) is 0 Å². The molecule has 1 aliphatic heterocycles. The Morgan fingerprint density at radius 2 is 1.76 bits per heavy atom. The fourth-order valence-corrected chi connectivity index (χ4v) is 3.62. The van der Waals surface area contributed by atoms with Gasteiger partial charge in [0.15, 0.2) is 0 Å². The fraction of sp³-hybridized carbons (Fsp3) is 0.296. The summed E-state index contributed by atoms with van der Waals surface area (Å²) in [6.45, 7) is 10.0. The molecule has 1 saturated heterocycles. The molecule has 0 bridgehead atoms. The first-order valence-corrected chi connectivity index (χ1v) is 11.6. The van der Waals surface area contributed by atoms with Gasteiger partial charge in [0.25, 0.3) is 0 Å². The lowest BCUT2D eigenvalue weighted by Gasteiger charge is -2.21. The highest BCUT2D eigenvalue weighted by Gasteiger charge is 2.13. The highest BCUT2D eigenvalue weighted by Crippen LogP contribution is 2.32. The lowest BCUT2D eigenvalue weighted by atomic mass is 10.0. The zero-order valence-corrected chi connectivity index (χ0v) is 20.3. The molecule has 3 heterocycles. The molecule has 5 rings (SSSR count). The number of nitrogens with one attached hydrogen (secondary N) is 1. The molecule has 0 spiro atoms. The van der Waals surface area contributed by atoms with Crippen LogP contribution in [0, 0.1) is 6.92 Å². The SMILES string of the molecule is CC.CN1CCOCC1.Cc1c(N)cccc1-c1ncnc2[nH]c(-c3ccc(C=O)cc3)cc12. The molecule has 1 fully saturated rings. The van der Waals surface area contributed by atoms with Crippen molar-refractivity contribution in [3.05, 3.63) is 66.0 Å². The highest BCUT2D eigenvalue weighted by molar-refractivity contribution is 5.95. The van der Waals surface area contributed by atoms with E-state index in [1.54, 1.807) is 18.5 Å². The van der Waals surface area contributed by atoms with E-state index in [-0.39, 0.29) is 0 Å². The van der Waals surface area contributed by atoms with E-state index in [4.69, 9.17) is 10.5 Å². The quantitative estimate of drug-likeness (QED) is 0.332. The summed E-state index contributed by atoms with van der Waals surface area (Å²) in [5.41, 5.74) is 13.0. The van der Waals surface area contributed by atoms with Crippen LogP contribution in [0.25, 0.3) is 33.5 Å². The van der Waals surface area contributed by atoms with Gasteiger partial charge >= 0.3 is 0 Å². The maximum atomic E-state index is 10.8. The van der Waals surface area contributed by atoms with Crippen LogP contribution in [0.1, 0.15) is 29.8 Å². The van der Waals surface area contributed by atoms with Crippen LogP contribution in [0.15, 0.2) is 54.9 Å². The molecule has 2 aromatic heterocycles. The molecule has 0 saturated carbocycles. The summed E-state index contributed by atoms with van der Waals surface area (Å²) in [7, 11) is 2.11. The van der Waals surface area contributed by atoms with Crippen LogP contribution in [0.2, 0.25) is 0 Å². The lowest BCUT2D eigenvalue weighted by molar-refractivity contribution is 0.0503. The van der Waals surface area contributed by atoms with Gasteiger partial charge in [-0.2, -0.15) is 0 Å². The maximum Gasteiger partial charge on any atom is 0.150 e. The number of ether oxygens (including phenoxy) is 1. The second-order valence-electron chi connectivity index (χ2n) is 7.84. The highest BCUT2D eigenvalue weighted by atomic mass is 16.5. The third-order valence-electron chi connectivity index (χ3n) is 5.65. The Bertz CT molecular complexity index is 1210. The van der Waals surface area contributed by atoms with Gasteiger partial charge in [-0.1, -0.05) is 50.2 Å². The van der Waals surface area contributed by atoms with Crippen molar-refractivity contribution in [1.29, 1.82) is 0 Å². The number of nitrogens with two attached hydrogens (primary N) is 1. The maximum absolute atomic E-state index is 10.8. The van der Waals surface area contributed by atoms with Gasteiger partial charge in [0.2, 0.25) is 0 Å². The molecule has 0 atom stereocenters. The number of fused-ring (bicyclic) bond motifs is 1. The Morgan fingerprint density at radius 1 is 1.06 bits per heavy atom. The minimum absolute atomic E-state index is 0.649. The first-order valence-electron chi connectivity index (χ1n) is 11.6. The van der Waals surface area contributed by atoms with E-state index < -0.39 is 0 Å². The van der Waals surface area contributed by atoms with Gasteiger partial charge in [-0.05, 0) is 37.2 Å². The molecule has 34 heavy (non-hydrogen) atoms. The van der Waals surface area contributed by atoms with Gasteiger partial charge in [0.05, 0.1) is 18.9 Å². The molecule has 0 amide bonds. The topological polar surface area (TPSA) is 97.1 Å². The van der Waals surface area contributed by atoms with Gasteiger partial charge in [-0.25, -0.2) is 9.97 Å². The Morgan fingerprint density at radius 3 is 2.38 bits per heavy atom. The molecule has 178 valence electrons. The molecule has 7 heteroatoms. The predicted molar refractivity (Wildman–Crippen MR) is 139 cm³/mol. The number of benzene rings is 2. The number of aldehydes is 1. The van der Waals surface area contributed by atoms with Crippen molar-refractivity contribution in [2.75, 3.05) is 39.1 Å². The third-order valence-corrected chi connectivity index (χ3v) is 5.65. The number of hydrogen-bond acceptors (Lipinski definition) is 6. The van der Waals surface area contributed by atoms with Gasteiger partial charge in [0.1, 0.15) is 18.3 Å². The Kier molecular flexibility index (Phi) is 8.90. The molecule has 3 N–H and O–H groups in total. The zero-order chi connectivity index (χ0) is 24.5. The molecule has 2 aromatic carbocycles. The number of likely N-dealkylation sites (N-methyl/N-ethyl adjacent to an activating group) is 1. The summed E-state index contributed by atoms with van der Waals surface area (Å²) in [5.74, 6) is 0. The van der Waals surface area contributed by atoms with Crippen molar-refractivity contribution in [3.8, 4) is 22.5 Å². The van der Waals surface area contributed by atoms with Crippen molar-refractivity contribution in [3.63, 3.8) is 0 Å². The van der Waals surface area contributed by atoms with Crippen molar-refractivity contribution in [2.24, 2.45) is 0 Å². The van der Waals surface area contributed by atoms with E-state index in [0.29, 0.717) is 5.56 Å². The molecule has 4 aromatic rings. The average Bonchev–Trinajstić information content (AvgIpc) is 3.33. The number of carbonyl (C=O) groups excluding carboxylic acids is 1. The van der Waals surface area contributed by atoms with Gasteiger partial charge in [-0.3, -0.25) is 4.79 Å². The van der Waals surface area contributed by atoms with E-state index >= 15 is 0 Å². The van der Waals surface area contributed by atoms with Crippen molar-refractivity contribution in [2.45, 2.75) is 20.8 Å². The normalized spacial score (nSPS) is 13.4. The van der Waals surface area contributed by atoms with E-state index in [9.17, 15) is 4.79 Å². The van der Waals surface area contributed by atoms with E-state index in [2.05, 4.69) is 26.9 Å². The molecular formula is C27H33N5O2.